The molecule has 0 spiro atoms. The van der Waals surface area contributed by atoms with Gasteiger partial charge in [0.1, 0.15) is 40.1 Å². The summed E-state index contributed by atoms with van der Waals surface area (Å²) >= 11 is 1.94. The van der Waals surface area contributed by atoms with E-state index in [1.54, 1.807) is 135 Å². The lowest BCUT2D eigenvalue weighted by Crippen LogP contribution is -2.56. The number of nitrogens with zero attached hydrogens (tertiary/aromatic N) is 12. The number of nitrogens with two attached hydrogens (primary N) is 1. The highest BCUT2D eigenvalue weighted by atomic mass is 127. The van der Waals surface area contributed by atoms with Crippen LogP contribution in [0.5, 0.6) is 0 Å². The number of aliphatic hydroxyl groups is 2. The minimum atomic E-state index is -1.89. The number of carbonyl (C=O) groups is 18. The van der Waals surface area contributed by atoms with Gasteiger partial charge in [0.2, 0.25) is 35.8 Å². The van der Waals surface area contributed by atoms with E-state index in [1.807, 2.05) is 22.6 Å². The number of benzene rings is 5. The normalized spacial score (nSPS) is 16.2. The van der Waals surface area contributed by atoms with Gasteiger partial charge in [0.15, 0.2) is 42.4 Å². The highest BCUT2D eigenvalue weighted by molar-refractivity contribution is 14.1. The number of rotatable bonds is 26. The van der Waals surface area contributed by atoms with Gasteiger partial charge in [-0.3, -0.25) is 76.6 Å². The Morgan fingerprint density at radius 3 is 1.05 bits per heavy atom. The van der Waals surface area contributed by atoms with Crippen molar-refractivity contribution in [1.29, 1.82) is 0 Å². The molecule has 10 rings (SSSR count). The zero-order valence-corrected chi connectivity index (χ0v) is 88.0. The van der Waals surface area contributed by atoms with Crippen molar-refractivity contribution in [3.63, 3.8) is 0 Å². The molecule has 12 amide bonds. The summed E-state index contributed by atoms with van der Waals surface area (Å²) in [4.78, 5) is 245. The van der Waals surface area contributed by atoms with Crippen molar-refractivity contribution in [2.75, 3.05) is 184 Å². The Hall–Kier alpha value is -14.5. The lowest BCUT2D eigenvalue weighted by atomic mass is 10.1. The molecule has 6 aromatic rings. The third-order valence-corrected chi connectivity index (χ3v) is 20.8. The van der Waals surface area contributed by atoms with Crippen molar-refractivity contribution in [2.45, 2.75) is 142 Å². The maximum Gasteiger partial charge on any atom is 0.439 e. The molecule has 0 bridgehead atoms. The van der Waals surface area contributed by atoms with E-state index in [-0.39, 0.29) is 141 Å². The number of aromatic nitrogens is 2. The van der Waals surface area contributed by atoms with Gasteiger partial charge in [-0.1, -0.05) is 5.16 Å². The van der Waals surface area contributed by atoms with Crippen molar-refractivity contribution < 1.29 is 166 Å². The van der Waals surface area contributed by atoms with E-state index in [4.69, 9.17) is 48.4 Å². The third-order valence-electron chi connectivity index (χ3n) is 20.1. The number of amides is 12. The van der Waals surface area contributed by atoms with E-state index < -0.39 is 172 Å². The Bertz CT molecular complexity index is 5850. The van der Waals surface area contributed by atoms with Gasteiger partial charge in [-0.05, 0) is 182 Å². The SMILES string of the molecule is CC(=O)O[C@@H](C(=O)O)[C@H]1OCCN(c2cc(F)cc(C(=O)N(C)CC(=O)N(C)C)c2)C1=O.CC(=O)O[C@@H](C(=O)OC(C)(C)C)[C@H]1OCCN(c2cc(F)cc(C(=O)N(C)CC(=O)N(C)C)c2)C1=O.CC(C)(C)OC(=O)[C@H](O)[C@H]1OCCNC1=O.CN(C)C(=O)CN(C)C(=O)c1cc(F)cc(I)c1.CN(C)C(=O)CN(C)C(=O)c1cc(F)cc(N2CCO[C@H]([C@@H](O)C(=O)OC(C)(C)C)C2=O)c1.Nc1ccc(-c2noc(=O)[nH]2)cc1. The molecule has 5 aromatic carbocycles. The van der Waals surface area contributed by atoms with Crippen molar-refractivity contribution >= 4 is 152 Å². The number of aliphatic hydroxyl groups excluding tert-OH is 2. The Kier molecular flexibility index (Phi) is 46.4. The first-order valence-corrected chi connectivity index (χ1v) is 46.1. The van der Waals surface area contributed by atoms with E-state index in [9.17, 15) is 124 Å². The van der Waals surface area contributed by atoms with Gasteiger partial charge >= 0.3 is 41.6 Å². The molecule has 810 valence electrons. The molecule has 4 saturated heterocycles. The second kappa shape index (κ2) is 55.3. The average molecular weight is 2200 g/mol. The quantitative estimate of drug-likeness (QED) is 0.0149. The molecule has 47 nitrogen and oxygen atoms in total. The number of carboxylic acid groups (broad SMARTS) is 1. The highest BCUT2D eigenvalue weighted by Crippen LogP contribution is 2.31. The van der Waals surface area contributed by atoms with Crippen LogP contribution in [-0.2, 0) is 110 Å². The van der Waals surface area contributed by atoms with Gasteiger partial charge in [-0.25, -0.2) is 41.5 Å². The van der Waals surface area contributed by atoms with E-state index in [0.717, 1.165) is 85.2 Å². The largest absolute Gasteiger partial charge is 0.478 e. The minimum absolute atomic E-state index is 0.00838. The summed E-state index contributed by atoms with van der Waals surface area (Å²) in [6.45, 7) is 16.5. The molecule has 0 unspecified atom stereocenters. The number of carboxylic acids is 1. The van der Waals surface area contributed by atoms with E-state index >= 15 is 0 Å². The predicted octanol–water partition coefficient (Wildman–Crippen LogP) is 2.55. The number of carbonyl (C=O) groups excluding carboxylic acids is 17. The van der Waals surface area contributed by atoms with Gasteiger partial charge in [0.05, 0.1) is 52.6 Å². The van der Waals surface area contributed by atoms with Crippen LogP contribution in [0.1, 0.15) is 118 Å². The number of nitrogens with one attached hydrogen (secondary N) is 2. The first kappa shape index (κ1) is 124. The number of likely N-dealkylation sites (N-methyl/N-ethyl adjacent to an activating group) is 8. The minimum Gasteiger partial charge on any atom is -0.478 e. The van der Waals surface area contributed by atoms with Crippen molar-refractivity contribution in [3.8, 4) is 11.4 Å². The number of H-pyrrole nitrogens is 1. The maximum absolute atomic E-state index is 14.5. The van der Waals surface area contributed by atoms with Crippen LogP contribution in [0.3, 0.4) is 0 Å². The molecule has 0 aliphatic carbocycles. The van der Waals surface area contributed by atoms with Crippen LogP contribution < -0.4 is 31.5 Å². The molecule has 8 atom stereocenters. The van der Waals surface area contributed by atoms with Crippen LogP contribution in [0.2, 0.25) is 0 Å². The standard InChI is InChI=1S/C24H32FN3O8.C22H30FN3O7.C20H24FN3O8.C12H14FIN2O2.C10H17NO5.C8H7N3O2/c1-14(29)35-20(23(33)36-24(2,3)4)19-22(32)28(8-9-34-19)17-11-15(10-16(25)12-17)21(31)27(7)13-18(30)26(5)6;1-22(2,3)33-21(31)17(28)18-20(30)26(7-8-32-18)15-10-13(9-14(23)11-15)19(29)25(6)12-16(27)24(4)5;1-11(25)32-17(20(29)30)16-19(28)24(5-6-31-16)14-8-12(7-13(21)9-14)18(27)23(4)10-15(26)22(2)3;1-15(2)11(17)7-16(3)12(18)8-4-9(13)6-10(14)5-8;1-10(2,3)16-9(14)6(12)7-8(13)11-4-5-15-7;9-6-3-1-5(2-4-6)7-10-8(12)13-11-7/h10-12,19-20H,8-9,13H2,1-7H3;9-11,17-18,28H,7-8,12H2,1-6H3;7-9,16-17H,5-6,10H2,1-4H3,(H,29,30);4-6H,7H2,1-3H3;6-7,12H,4-5H2,1-3H3,(H,11,13);1-4H,9H2,(H,10,11,12)/t19-,20-;17-,18-;16-,17-;;6-,7-;/m111.1./s1. The number of morpholine rings is 4. The number of aliphatic carboxylic acids is 1. The number of halogens is 5. The fourth-order valence-electron chi connectivity index (χ4n) is 13.0. The number of hydrogen-bond acceptors (Lipinski definition) is 33. The molecular formula is C96H124F4IN15O32. The Balaban J connectivity index is 0.000000323. The smallest absolute Gasteiger partial charge is 0.439 e. The molecule has 0 radical (unpaired) electrons. The topological polar surface area (TPSA) is 584 Å². The van der Waals surface area contributed by atoms with Crippen LogP contribution in [0.25, 0.3) is 11.4 Å². The summed E-state index contributed by atoms with van der Waals surface area (Å²) in [6.07, 6.45) is -12.9. The van der Waals surface area contributed by atoms with Gasteiger partial charge < -0.3 is 123 Å². The van der Waals surface area contributed by atoms with E-state index in [1.165, 1.54) is 97.1 Å². The van der Waals surface area contributed by atoms with Crippen molar-refractivity contribution in [2.24, 2.45) is 0 Å². The fourth-order valence-corrected chi connectivity index (χ4v) is 13.6. The molecule has 7 N–H and O–H groups in total. The van der Waals surface area contributed by atoms with Crippen LogP contribution in [-0.4, -0.2) is 400 Å². The van der Waals surface area contributed by atoms with Gasteiger partial charge in [0.25, 0.3) is 47.3 Å². The Morgan fingerprint density at radius 1 is 0.439 bits per heavy atom. The summed E-state index contributed by atoms with van der Waals surface area (Å²) in [5.41, 5.74) is 4.47. The van der Waals surface area contributed by atoms with Crippen LogP contribution in [0.4, 0.5) is 40.3 Å². The number of nitrogen functional groups attached to an aromatic ring is 1. The zero-order chi connectivity index (χ0) is 112. The lowest BCUT2D eigenvalue weighted by molar-refractivity contribution is -0.188. The van der Waals surface area contributed by atoms with Crippen LogP contribution in [0, 0.1) is 26.8 Å². The third kappa shape index (κ3) is 38.7. The average Bonchev–Trinajstić information content (AvgIpc) is 0.883. The number of ether oxygens (including phenoxy) is 9. The predicted molar refractivity (Wildman–Crippen MR) is 525 cm³/mol. The molecule has 4 aliphatic heterocycles. The monoisotopic (exact) mass is 2200 g/mol. The molecule has 148 heavy (non-hydrogen) atoms. The summed E-state index contributed by atoms with van der Waals surface area (Å²) in [5, 5.41) is 35.3. The summed E-state index contributed by atoms with van der Waals surface area (Å²) < 4.78 is 107. The molecule has 52 heteroatoms. The van der Waals surface area contributed by atoms with Crippen molar-refractivity contribution in [1.82, 2.24) is 54.7 Å². The van der Waals surface area contributed by atoms with Gasteiger partial charge in [-0.15, -0.1) is 0 Å². The Morgan fingerprint density at radius 2 is 0.743 bits per heavy atom. The van der Waals surface area contributed by atoms with Crippen LogP contribution in [0.15, 0.2) is 106 Å². The molecule has 4 aliphatic rings. The fraction of sp³-hybridized carbons (Fsp3) is 0.479. The summed E-state index contributed by atoms with van der Waals surface area (Å²) in [6, 6.07) is 21.0. The summed E-state index contributed by atoms with van der Waals surface area (Å²) in [7, 11) is 18.2. The molecular weight excluding hydrogens is 2080 g/mol. The maximum atomic E-state index is 14.5. The van der Waals surface area contributed by atoms with Gasteiger partial charge in [0, 0.05) is 179 Å². The lowest BCUT2D eigenvalue weighted by Gasteiger charge is -2.35. The van der Waals surface area contributed by atoms with E-state index in [0.29, 0.717) is 21.6 Å². The van der Waals surface area contributed by atoms with Crippen molar-refractivity contribution in [3.05, 3.63) is 157 Å². The number of aromatic amines is 1. The number of esters is 5. The second-order valence-electron chi connectivity index (χ2n) is 36.9. The van der Waals surface area contributed by atoms with Gasteiger partial charge in [-0.2, -0.15) is 0 Å². The van der Waals surface area contributed by atoms with E-state index in [2.05, 4.69) is 20.0 Å². The summed E-state index contributed by atoms with van der Waals surface area (Å²) in [5.74, 6) is -15.5. The molecule has 0 saturated carbocycles. The first-order valence-electron chi connectivity index (χ1n) is 45.0. The number of hydrogen-bond donors (Lipinski definition) is 6. The van der Waals surface area contributed by atoms with Crippen LogP contribution >= 0.6 is 22.6 Å². The zero-order valence-electron chi connectivity index (χ0n) is 85.9. The highest BCUT2D eigenvalue weighted by Gasteiger charge is 2.48. The first-order chi connectivity index (χ1) is 68.6. The molecule has 5 heterocycles. The molecule has 4 fully saturated rings. The molecule has 1 aromatic heterocycles. The second-order valence-corrected chi connectivity index (χ2v) is 38.2. The Labute approximate surface area is 862 Å². The number of anilines is 4.